The number of ether oxygens (including phenoxy) is 1. The average Bonchev–Trinajstić information content (AvgIpc) is 2.39. The number of aryl methyl sites for hydroxylation is 2. The molecule has 104 valence electrons. The van der Waals surface area contributed by atoms with Crippen LogP contribution in [0.15, 0.2) is 36.4 Å². The summed E-state index contributed by atoms with van der Waals surface area (Å²) in [4.78, 5) is 12.0. The molecular weight excluding hydrogens is 255 g/mol. The highest BCUT2D eigenvalue weighted by molar-refractivity contribution is 5.76. The first-order chi connectivity index (χ1) is 9.47. The summed E-state index contributed by atoms with van der Waals surface area (Å²) in [6, 6.07) is 9.91. The maximum absolute atomic E-state index is 13.1. The molecule has 0 atom stereocenters. The second kappa shape index (κ2) is 5.87. The van der Waals surface area contributed by atoms with Crippen molar-refractivity contribution >= 4 is 5.97 Å². The fraction of sp³-hybridized carbons (Fsp3) is 0.235. The highest BCUT2D eigenvalue weighted by Gasteiger charge is 2.12. The van der Waals surface area contributed by atoms with Gasteiger partial charge in [0.2, 0.25) is 0 Å². The molecule has 2 nitrogen and oxygen atoms in total. The van der Waals surface area contributed by atoms with Crippen molar-refractivity contribution in [3.05, 3.63) is 64.5 Å². The highest BCUT2D eigenvalue weighted by Crippen LogP contribution is 2.26. The van der Waals surface area contributed by atoms with Gasteiger partial charge in [-0.1, -0.05) is 24.3 Å². The fourth-order valence-electron chi connectivity index (χ4n) is 2.05. The SMILES string of the molecule is Cc1ccc(C)c(OC(=O)Cc2cccc(F)c2)c1C. The zero-order valence-electron chi connectivity index (χ0n) is 11.9. The summed E-state index contributed by atoms with van der Waals surface area (Å²) in [6.07, 6.45) is 0.0601. The number of rotatable bonds is 3. The molecule has 0 saturated carbocycles. The molecule has 0 unspecified atom stereocenters. The lowest BCUT2D eigenvalue weighted by Crippen LogP contribution is -2.13. The summed E-state index contributed by atoms with van der Waals surface area (Å²) in [6.45, 7) is 5.79. The van der Waals surface area contributed by atoms with Crippen LogP contribution in [-0.2, 0) is 11.2 Å². The maximum Gasteiger partial charge on any atom is 0.315 e. The van der Waals surface area contributed by atoms with Crippen molar-refractivity contribution in [2.45, 2.75) is 27.2 Å². The van der Waals surface area contributed by atoms with Crippen LogP contribution in [0.3, 0.4) is 0 Å². The normalized spacial score (nSPS) is 10.4. The minimum absolute atomic E-state index is 0.0601. The maximum atomic E-state index is 13.1. The molecule has 0 N–H and O–H groups in total. The van der Waals surface area contributed by atoms with Crippen LogP contribution in [0.25, 0.3) is 0 Å². The van der Waals surface area contributed by atoms with Gasteiger partial charge in [0.1, 0.15) is 11.6 Å². The van der Waals surface area contributed by atoms with Crippen molar-refractivity contribution in [3.63, 3.8) is 0 Å². The van der Waals surface area contributed by atoms with E-state index in [-0.39, 0.29) is 18.2 Å². The summed E-state index contributed by atoms with van der Waals surface area (Å²) >= 11 is 0. The number of carbonyl (C=O) groups is 1. The van der Waals surface area contributed by atoms with Crippen molar-refractivity contribution in [3.8, 4) is 5.75 Å². The Morgan fingerprint density at radius 2 is 1.80 bits per heavy atom. The Hall–Kier alpha value is -2.16. The van der Waals surface area contributed by atoms with Crippen molar-refractivity contribution in [2.75, 3.05) is 0 Å². The largest absolute Gasteiger partial charge is 0.426 e. The van der Waals surface area contributed by atoms with Gasteiger partial charge in [-0.25, -0.2) is 4.39 Å². The molecule has 0 aliphatic carbocycles. The lowest BCUT2D eigenvalue weighted by atomic mass is 10.1. The molecule has 20 heavy (non-hydrogen) atoms. The summed E-state index contributed by atoms with van der Waals surface area (Å²) in [7, 11) is 0. The first-order valence-electron chi connectivity index (χ1n) is 6.49. The van der Waals surface area contributed by atoms with E-state index in [1.54, 1.807) is 12.1 Å². The fourth-order valence-corrected chi connectivity index (χ4v) is 2.05. The van der Waals surface area contributed by atoms with Gasteiger partial charge >= 0.3 is 5.97 Å². The first kappa shape index (κ1) is 14.3. The molecule has 0 bridgehead atoms. The van der Waals surface area contributed by atoms with E-state index in [9.17, 15) is 9.18 Å². The van der Waals surface area contributed by atoms with Gasteiger partial charge in [-0.2, -0.15) is 0 Å². The lowest BCUT2D eigenvalue weighted by molar-refractivity contribution is -0.133. The standard InChI is InChI=1S/C17H17FO2/c1-11-7-8-12(2)17(13(11)3)20-16(19)10-14-5-4-6-15(18)9-14/h4-9H,10H2,1-3H3. The van der Waals surface area contributed by atoms with Crippen LogP contribution in [0.1, 0.15) is 22.3 Å². The Labute approximate surface area is 118 Å². The van der Waals surface area contributed by atoms with Gasteiger partial charge in [0.15, 0.2) is 0 Å². The van der Waals surface area contributed by atoms with Crippen LogP contribution in [0.4, 0.5) is 4.39 Å². The van der Waals surface area contributed by atoms with E-state index in [4.69, 9.17) is 4.74 Å². The van der Waals surface area contributed by atoms with Crippen LogP contribution in [0, 0.1) is 26.6 Å². The third kappa shape index (κ3) is 3.23. The topological polar surface area (TPSA) is 26.3 Å². The first-order valence-corrected chi connectivity index (χ1v) is 6.49. The Kier molecular flexibility index (Phi) is 4.18. The summed E-state index contributed by atoms with van der Waals surface area (Å²) in [5.74, 6) is -0.128. The quantitative estimate of drug-likeness (QED) is 0.625. The van der Waals surface area contributed by atoms with E-state index in [0.29, 0.717) is 11.3 Å². The van der Waals surface area contributed by atoms with E-state index >= 15 is 0 Å². The second-order valence-corrected chi connectivity index (χ2v) is 4.93. The smallest absolute Gasteiger partial charge is 0.315 e. The van der Waals surface area contributed by atoms with Gasteiger partial charge in [-0.15, -0.1) is 0 Å². The lowest BCUT2D eigenvalue weighted by Gasteiger charge is -2.12. The zero-order chi connectivity index (χ0) is 14.7. The highest BCUT2D eigenvalue weighted by atomic mass is 19.1. The van der Waals surface area contributed by atoms with Gasteiger partial charge in [0.05, 0.1) is 6.42 Å². The summed E-state index contributed by atoms with van der Waals surface area (Å²) < 4.78 is 18.5. The minimum Gasteiger partial charge on any atom is -0.426 e. The third-order valence-corrected chi connectivity index (χ3v) is 3.33. The van der Waals surface area contributed by atoms with Crippen LogP contribution in [0.5, 0.6) is 5.75 Å². The van der Waals surface area contributed by atoms with Crippen LogP contribution < -0.4 is 4.74 Å². The molecule has 2 aromatic carbocycles. The Bertz CT molecular complexity index is 647. The van der Waals surface area contributed by atoms with E-state index in [0.717, 1.165) is 16.7 Å². The van der Waals surface area contributed by atoms with E-state index in [1.807, 2.05) is 32.9 Å². The minimum atomic E-state index is -0.382. The van der Waals surface area contributed by atoms with Crippen LogP contribution in [-0.4, -0.2) is 5.97 Å². The second-order valence-electron chi connectivity index (χ2n) is 4.93. The summed E-state index contributed by atoms with van der Waals surface area (Å²) in [5.41, 5.74) is 3.56. The van der Waals surface area contributed by atoms with Gasteiger partial charge in [0, 0.05) is 0 Å². The van der Waals surface area contributed by atoms with Crippen LogP contribution >= 0.6 is 0 Å². The average molecular weight is 272 g/mol. The Morgan fingerprint density at radius 1 is 1.10 bits per heavy atom. The molecule has 0 spiro atoms. The number of benzene rings is 2. The van der Waals surface area contributed by atoms with Gasteiger partial charge < -0.3 is 4.74 Å². The van der Waals surface area contributed by atoms with E-state index in [1.165, 1.54) is 12.1 Å². The molecule has 3 heteroatoms. The van der Waals surface area contributed by atoms with E-state index < -0.39 is 0 Å². The number of esters is 1. The Morgan fingerprint density at radius 3 is 2.50 bits per heavy atom. The predicted octanol–water partition coefficient (Wildman–Crippen LogP) is 3.90. The predicted molar refractivity (Wildman–Crippen MR) is 76.4 cm³/mol. The number of hydrogen-bond acceptors (Lipinski definition) is 2. The van der Waals surface area contributed by atoms with Crippen molar-refractivity contribution in [1.29, 1.82) is 0 Å². The molecular formula is C17H17FO2. The molecule has 0 fully saturated rings. The van der Waals surface area contributed by atoms with Gasteiger partial charge in [-0.3, -0.25) is 4.79 Å². The third-order valence-electron chi connectivity index (χ3n) is 3.33. The molecule has 0 aliphatic rings. The van der Waals surface area contributed by atoms with Gasteiger partial charge in [0.25, 0.3) is 0 Å². The molecule has 0 radical (unpaired) electrons. The molecule has 0 heterocycles. The van der Waals surface area contributed by atoms with Crippen molar-refractivity contribution in [2.24, 2.45) is 0 Å². The van der Waals surface area contributed by atoms with Gasteiger partial charge in [-0.05, 0) is 55.2 Å². The summed E-state index contributed by atoms with van der Waals surface area (Å²) in [5, 5.41) is 0. The molecule has 0 amide bonds. The number of hydrogen-bond donors (Lipinski definition) is 0. The van der Waals surface area contributed by atoms with Crippen LogP contribution in [0.2, 0.25) is 0 Å². The van der Waals surface area contributed by atoms with Crippen molar-refractivity contribution in [1.82, 2.24) is 0 Å². The zero-order valence-corrected chi connectivity index (χ0v) is 11.9. The number of halogens is 1. The molecule has 0 saturated heterocycles. The van der Waals surface area contributed by atoms with Crippen molar-refractivity contribution < 1.29 is 13.9 Å². The monoisotopic (exact) mass is 272 g/mol. The molecule has 0 aromatic heterocycles. The Balaban J connectivity index is 2.15. The van der Waals surface area contributed by atoms with E-state index in [2.05, 4.69) is 0 Å². The number of carbonyl (C=O) groups excluding carboxylic acids is 1. The molecule has 2 rings (SSSR count). The molecule has 2 aromatic rings. The molecule has 0 aliphatic heterocycles.